The molecule has 2 rings (SSSR count). The van der Waals surface area contributed by atoms with Crippen molar-refractivity contribution in [3.05, 3.63) is 35.9 Å². The number of rotatable bonds is 9. The summed E-state index contributed by atoms with van der Waals surface area (Å²) >= 11 is 0. The van der Waals surface area contributed by atoms with E-state index >= 15 is 0 Å². The minimum absolute atomic E-state index is 0.112. The van der Waals surface area contributed by atoms with Crippen molar-refractivity contribution < 1.29 is 18.9 Å². The van der Waals surface area contributed by atoms with Crippen LogP contribution in [0.25, 0.3) is 0 Å². The predicted octanol–water partition coefficient (Wildman–Crippen LogP) is 3.32. The van der Waals surface area contributed by atoms with E-state index in [1.165, 1.54) is 5.56 Å². The van der Waals surface area contributed by atoms with Gasteiger partial charge in [-0.2, -0.15) is 0 Å². The summed E-state index contributed by atoms with van der Waals surface area (Å²) in [7, 11) is 0. The van der Waals surface area contributed by atoms with Crippen molar-refractivity contribution in [2.45, 2.75) is 45.2 Å². The normalized spacial score (nSPS) is 17.5. The lowest BCUT2D eigenvalue weighted by atomic mass is 9.92. The van der Waals surface area contributed by atoms with Gasteiger partial charge in [-0.25, -0.2) is 0 Å². The molecule has 0 saturated carbocycles. The molecule has 1 unspecified atom stereocenters. The monoisotopic (exact) mass is 294 g/mol. The molecule has 4 nitrogen and oxygen atoms in total. The van der Waals surface area contributed by atoms with Crippen molar-refractivity contribution in [3.63, 3.8) is 0 Å². The molecule has 4 heteroatoms. The van der Waals surface area contributed by atoms with Crippen molar-refractivity contribution in [3.8, 4) is 0 Å². The highest BCUT2D eigenvalue weighted by molar-refractivity contribution is 5.19. The lowest BCUT2D eigenvalue weighted by Gasteiger charge is -2.25. The van der Waals surface area contributed by atoms with Gasteiger partial charge >= 0.3 is 0 Å². The molecule has 0 bridgehead atoms. The first kappa shape index (κ1) is 16.4. The fourth-order valence-electron chi connectivity index (χ4n) is 2.66. The standard InChI is InChI=1S/C17H26O4/c1-3-18-16(19-4-2)12-15(13-17-20-10-11-21-17)14-8-6-5-7-9-14/h5-9,15-17H,3-4,10-13H2,1-2H3. The SMILES string of the molecule is CCOC(CC(CC1OCCO1)c1ccccc1)OCC. The zero-order valence-corrected chi connectivity index (χ0v) is 13.0. The van der Waals surface area contributed by atoms with Crippen LogP contribution in [0.1, 0.15) is 38.2 Å². The molecule has 0 N–H and O–H groups in total. The highest BCUT2D eigenvalue weighted by Crippen LogP contribution is 2.30. The van der Waals surface area contributed by atoms with Crippen LogP contribution >= 0.6 is 0 Å². The summed E-state index contributed by atoms with van der Waals surface area (Å²) < 4.78 is 22.6. The van der Waals surface area contributed by atoms with Gasteiger partial charge in [-0.3, -0.25) is 0 Å². The molecule has 1 aromatic carbocycles. The van der Waals surface area contributed by atoms with Crippen LogP contribution in [-0.4, -0.2) is 39.0 Å². The summed E-state index contributed by atoms with van der Waals surface area (Å²) in [5.74, 6) is 0.303. The minimum Gasteiger partial charge on any atom is -0.353 e. The second-order valence-electron chi connectivity index (χ2n) is 5.09. The van der Waals surface area contributed by atoms with Gasteiger partial charge in [-0.15, -0.1) is 0 Å². The van der Waals surface area contributed by atoms with E-state index in [0.29, 0.717) is 32.3 Å². The Morgan fingerprint density at radius 1 is 1.05 bits per heavy atom. The molecule has 0 aliphatic carbocycles. The summed E-state index contributed by atoms with van der Waals surface area (Å²) in [5.41, 5.74) is 1.28. The molecule has 1 saturated heterocycles. The van der Waals surface area contributed by atoms with Gasteiger partial charge in [0.05, 0.1) is 13.2 Å². The molecule has 1 aromatic rings. The van der Waals surface area contributed by atoms with Crippen molar-refractivity contribution in [1.29, 1.82) is 0 Å². The molecule has 1 aliphatic heterocycles. The van der Waals surface area contributed by atoms with Crippen molar-refractivity contribution in [1.82, 2.24) is 0 Å². The number of hydrogen-bond acceptors (Lipinski definition) is 4. The minimum atomic E-state index is -0.174. The number of hydrogen-bond donors (Lipinski definition) is 0. The topological polar surface area (TPSA) is 36.9 Å². The lowest BCUT2D eigenvalue weighted by Crippen LogP contribution is -2.23. The Bertz CT molecular complexity index is 370. The smallest absolute Gasteiger partial charge is 0.158 e. The number of benzene rings is 1. The first-order valence-corrected chi connectivity index (χ1v) is 7.84. The summed E-state index contributed by atoms with van der Waals surface area (Å²) in [6.07, 6.45) is 1.36. The predicted molar refractivity (Wildman–Crippen MR) is 81.1 cm³/mol. The summed E-state index contributed by atoms with van der Waals surface area (Å²) in [5, 5.41) is 0. The summed E-state index contributed by atoms with van der Waals surface area (Å²) in [6, 6.07) is 10.5. The Balaban J connectivity index is 2.02. The van der Waals surface area contributed by atoms with Crippen molar-refractivity contribution in [2.75, 3.05) is 26.4 Å². The number of ether oxygens (including phenoxy) is 4. The second-order valence-corrected chi connectivity index (χ2v) is 5.09. The first-order chi connectivity index (χ1) is 10.3. The molecule has 0 radical (unpaired) electrons. The molecule has 21 heavy (non-hydrogen) atoms. The van der Waals surface area contributed by atoms with Crippen LogP contribution in [0.5, 0.6) is 0 Å². The van der Waals surface area contributed by atoms with Gasteiger partial charge < -0.3 is 18.9 Å². The maximum atomic E-state index is 5.69. The Labute approximate surface area is 127 Å². The van der Waals surface area contributed by atoms with Crippen molar-refractivity contribution in [2.24, 2.45) is 0 Å². The van der Waals surface area contributed by atoms with E-state index in [2.05, 4.69) is 24.3 Å². The third kappa shape index (κ3) is 5.40. The van der Waals surface area contributed by atoms with Crippen LogP contribution < -0.4 is 0 Å². The summed E-state index contributed by atoms with van der Waals surface area (Å²) in [4.78, 5) is 0. The Morgan fingerprint density at radius 2 is 1.67 bits per heavy atom. The average molecular weight is 294 g/mol. The van der Waals surface area contributed by atoms with E-state index < -0.39 is 0 Å². The second kappa shape index (κ2) is 9.15. The highest BCUT2D eigenvalue weighted by Gasteiger charge is 2.25. The van der Waals surface area contributed by atoms with Gasteiger partial charge in [0.1, 0.15) is 0 Å². The average Bonchev–Trinajstić information content (AvgIpc) is 3.01. The quantitative estimate of drug-likeness (QED) is 0.655. The molecule has 1 aliphatic rings. The molecule has 0 amide bonds. The highest BCUT2D eigenvalue weighted by atomic mass is 16.7. The van der Waals surface area contributed by atoms with Crippen LogP contribution in [0, 0.1) is 0 Å². The molecule has 0 spiro atoms. The molecule has 1 heterocycles. The third-order valence-corrected chi connectivity index (χ3v) is 3.62. The molecular weight excluding hydrogens is 268 g/mol. The third-order valence-electron chi connectivity index (χ3n) is 3.62. The van der Waals surface area contributed by atoms with Gasteiger partial charge in [-0.1, -0.05) is 30.3 Å². The Kier molecular flexibility index (Phi) is 7.16. The molecule has 0 aromatic heterocycles. The fraction of sp³-hybridized carbons (Fsp3) is 0.647. The van der Waals surface area contributed by atoms with Gasteiger partial charge in [-0.05, 0) is 25.3 Å². The van der Waals surface area contributed by atoms with E-state index in [1.807, 2.05) is 19.9 Å². The Morgan fingerprint density at radius 3 is 2.24 bits per heavy atom. The van der Waals surface area contributed by atoms with E-state index in [9.17, 15) is 0 Å². The van der Waals surface area contributed by atoms with Crippen LogP contribution in [0.15, 0.2) is 30.3 Å². The van der Waals surface area contributed by atoms with Gasteiger partial charge in [0.2, 0.25) is 0 Å². The van der Waals surface area contributed by atoms with E-state index in [-0.39, 0.29) is 12.6 Å². The Hall–Kier alpha value is -0.940. The lowest BCUT2D eigenvalue weighted by molar-refractivity contribution is -0.145. The van der Waals surface area contributed by atoms with Gasteiger partial charge in [0.25, 0.3) is 0 Å². The van der Waals surface area contributed by atoms with Crippen LogP contribution in [0.2, 0.25) is 0 Å². The van der Waals surface area contributed by atoms with Crippen LogP contribution in [-0.2, 0) is 18.9 Å². The van der Waals surface area contributed by atoms with E-state index in [4.69, 9.17) is 18.9 Å². The zero-order chi connectivity index (χ0) is 14.9. The van der Waals surface area contributed by atoms with Gasteiger partial charge in [0, 0.05) is 26.1 Å². The van der Waals surface area contributed by atoms with Crippen molar-refractivity contribution >= 4 is 0 Å². The van der Waals surface area contributed by atoms with E-state index in [1.54, 1.807) is 0 Å². The summed E-state index contributed by atoms with van der Waals surface area (Å²) in [6.45, 7) is 6.67. The molecular formula is C17H26O4. The molecule has 118 valence electrons. The fourth-order valence-corrected chi connectivity index (χ4v) is 2.66. The first-order valence-electron chi connectivity index (χ1n) is 7.84. The largest absolute Gasteiger partial charge is 0.353 e. The zero-order valence-electron chi connectivity index (χ0n) is 13.0. The molecule has 1 atom stereocenters. The van der Waals surface area contributed by atoms with Crippen LogP contribution in [0.4, 0.5) is 0 Å². The van der Waals surface area contributed by atoms with Gasteiger partial charge in [0.15, 0.2) is 12.6 Å². The van der Waals surface area contributed by atoms with E-state index in [0.717, 1.165) is 12.8 Å². The van der Waals surface area contributed by atoms with Crippen LogP contribution in [0.3, 0.4) is 0 Å². The maximum Gasteiger partial charge on any atom is 0.158 e. The maximum absolute atomic E-state index is 5.69. The molecule has 1 fully saturated rings.